The van der Waals surface area contributed by atoms with Crippen molar-refractivity contribution in [2.45, 2.75) is 4.90 Å². The lowest BCUT2D eigenvalue weighted by Gasteiger charge is -2.10. The van der Waals surface area contributed by atoms with E-state index in [2.05, 4.69) is 20.0 Å². The van der Waals surface area contributed by atoms with Crippen molar-refractivity contribution in [1.82, 2.24) is 9.97 Å². The molecule has 32 heavy (non-hydrogen) atoms. The molecule has 0 bridgehead atoms. The van der Waals surface area contributed by atoms with Crippen molar-refractivity contribution in [2.75, 3.05) is 24.3 Å². The summed E-state index contributed by atoms with van der Waals surface area (Å²) in [6.07, 6.45) is 2.70. The van der Waals surface area contributed by atoms with Crippen LogP contribution in [0.2, 0.25) is 0 Å². The summed E-state index contributed by atoms with van der Waals surface area (Å²) in [5, 5.41) is 2.87. The molecule has 0 aliphatic heterocycles. The molecule has 2 N–H and O–H groups in total. The molecule has 1 heterocycles. The Hall–Kier alpha value is -3.99. The number of hydrogen-bond acceptors (Lipinski definition) is 8. The molecule has 11 heteroatoms. The topological polar surface area (TPSA) is 120 Å². The number of nitrogens with zero attached hydrogens (tertiary/aromatic N) is 2. The zero-order valence-electron chi connectivity index (χ0n) is 17.1. The van der Waals surface area contributed by atoms with Gasteiger partial charge in [0.2, 0.25) is 5.88 Å². The average Bonchev–Trinajstić information content (AvgIpc) is 2.79. The largest absolute Gasteiger partial charge is 0.481 e. The van der Waals surface area contributed by atoms with Gasteiger partial charge in [-0.3, -0.25) is 9.52 Å². The van der Waals surface area contributed by atoms with Crippen molar-refractivity contribution >= 4 is 27.3 Å². The number of halogens is 1. The zero-order chi connectivity index (χ0) is 23.1. The highest BCUT2D eigenvalue weighted by molar-refractivity contribution is 7.92. The summed E-state index contributed by atoms with van der Waals surface area (Å²) in [5.41, 5.74) is 0.896. The third-order valence-electron chi connectivity index (χ3n) is 4.09. The number of ether oxygens (including phenoxy) is 2. The Balaban J connectivity index is 1.66. The molecule has 0 saturated heterocycles. The number of ketones is 1. The van der Waals surface area contributed by atoms with Crippen molar-refractivity contribution in [2.24, 2.45) is 0 Å². The molecule has 0 aliphatic carbocycles. The fourth-order valence-electron chi connectivity index (χ4n) is 2.50. The van der Waals surface area contributed by atoms with Crippen LogP contribution in [0, 0.1) is 5.82 Å². The van der Waals surface area contributed by atoms with Gasteiger partial charge in [-0.15, -0.1) is 0 Å². The molecular formula is C21H19FN4O5S. The SMILES string of the molecule is COc1cc(NS(=O)(=O)c2ccc(N/C=C/C(=O)c3ccc(F)cc3)cc2)nc(OC)n1. The van der Waals surface area contributed by atoms with E-state index in [1.165, 1.54) is 81.1 Å². The molecule has 0 unspecified atom stereocenters. The Morgan fingerprint density at radius 3 is 2.31 bits per heavy atom. The maximum absolute atomic E-state index is 12.9. The van der Waals surface area contributed by atoms with E-state index in [1.54, 1.807) is 0 Å². The molecule has 9 nitrogen and oxygen atoms in total. The van der Waals surface area contributed by atoms with Gasteiger partial charge in [0.1, 0.15) is 5.82 Å². The van der Waals surface area contributed by atoms with Gasteiger partial charge in [-0.1, -0.05) is 0 Å². The van der Waals surface area contributed by atoms with Gasteiger partial charge in [0.15, 0.2) is 11.6 Å². The lowest BCUT2D eigenvalue weighted by atomic mass is 10.1. The third kappa shape index (κ3) is 5.79. The molecule has 166 valence electrons. The van der Waals surface area contributed by atoms with Crippen LogP contribution in [0.3, 0.4) is 0 Å². The average molecular weight is 458 g/mol. The number of hydrogen-bond donors (Lipinski definition) is 2. The number of aromatic nitrogens is 2. The molecule has 0 fully saturated rings. The second kappa shape index (κ2) is 9.88. The van der Waals surface area contributed by atoms with Gasteiger partial charge in [0.25, 0.3) is 10.0 Å². The first-order valence-electron chi connectivity index (χ1n) is 9.13. The number of rotatable bonds is 9. The fourth-order valence-corrected chi connectivity index (χ4v) is 3.49. The second-order valence-electron chi connectivity index (χ2n) is 6.26. The van der Waals surface area contributed by atoms with Gasteiger partial charge in [-0.05, 0) is 48.5 Å². The highest BCUT2D eigenvalue weighted by Gasteiger charge is 2.16. The quantitative estimate of drug-likeness (QED) is 0.370. The summed E-state index contributed by atoms with van der Waals surface area (Å²) < 4.78 is 50.5. The first-order valence-corrected chi connectivity index (χ1v) is 10.6. The molecule has 3 rings (SSSR count). The molecule has 0 saturated carbocycles. The van der Waals surface area contributed by atoms with Crippen molar-refractivity contribution in [3.8, 4) is 11.9 Å². The highest BCUT2D eigenvalue weighted by Crippen LogP contribution is 2.21. The van der Waals surface area contributed by atoms with Crippen LogP contribution in [-0.4, -0.2) is 38.4 Å². The highest BCUT2D eigenvalue weighted by atomic mass is 32.2. The van der Waals surface area contributed by atoms with E-state index in [-0.39, 0.29) is 28.4 Å². The normalized spacial score (nSPS) is 11.2. The minimum atomic E-state index is -3.94. The lowest BCUT2D eigenvalue weighted by Crippen LogP contribution is -2.14. The first-order chi connectivity index (χ1) is 15.3. The molecule has 0 spiro atoms. The molecule has 3 aromatic rings. The Kier molecular flexibility index (Phi) is 7.00. The number of anilines is 2. The van der Waals surface area contributed by atoms with Crippen LogP contribution in [0.5, 0.6) is 11.9 Å². The van der Waals surface area contributed by atoms with E-state index in [9.17, 15) is 17.6 Å². The Morgan fingerprint density at radius 2 is 1.69 bits per heavy atom. The Labute approximate surface area is 184 Å². The number of methoxy groups -OCH3 is 2. The van der Waals surface area contributed by atoms with Crippen LogP contribution in [0.15, 0.2) is 71.8 Å². The molecule has 0 radical (unpaired) electrons. The van der Waals surface area contributed by atoms with Gasteiger partial charge in [-0.25, -0.2) is 12.8 Å². The molecule has 1 aromatic heterocycles. The van der Waals surface area contributed by atoms with E-state index < -0.39 is 15.8 Å². The van der Waals surface area contributed by atoms with E-state index in [0.29, 0.717) is 11.3 Å². The number of carbonyl (C=O) groups excluding carboxylic acids is 1. The number of benzene rings is 2. The van der Waals surface area contributed by atoms with Crippen LogP contribution in [0.4, 0.5) is 15.9 Å². The van der Waals surface area contributed by atoms with Crippen LogP contribution in [-0.2, 0) is 10.0 Å². The predicted octanol–water partition coefficient (Wildman–Crippen LogP) is 3.24. The van der Waals surface area contributed by atoms with E-state index in [4.69, 9.17) is 9.47 Å². The predicted molar refractivity (Wildman–Crippen MR) is 116 cm³/mol. The van der Waals surface area contributed by atoms with E-state index in [0.717, 1.165) is 0 Å². The molecule has 2 aromatic carbocycles. The number of carbonyl (C=O) groups is 1. The molecule has 0 atom stereocenters. The molecule has 0 aliphatic rings. The second-order valence-corrected chi connectivity index (χ2v) is 7.94. The van der Waals surface area contributed by atoms with Gasteiger partial charge in [-0.2, -0.15) is 9.97 Å². The monoisotopic (exact) mass is 458 g/mol. The van der Waals surface area contributed by atoms with Crippen LogP contribution in [0.1, 0.15) is 10.4 Å². The minimum Gasteiger partial charge on any atom is -0.481 e. The minimum absolute atomic E-state index is 0.00837. The summed E-state index contributed by atoms with van der Waals surface area (Å²) in [4.78, 5) is 19.9. The van der Waals surface area contributed by atoms with Crippen molar-refractivity contribution in [3.05, 3.63) is 78.3 Å². The zero-order valence-corrected chi connectivity index (χ0v) is 17.9. The summed E-state index contributed by atoms with van der Waals surface area (Å²) >= 11 is 0. The lowest BCUT2D eigenvalue weighted by molar-refractivity contribution is 0.104. The van der Waals surface area contributed by atoms with Gasteiger partial charge in [0.05, 0.1) is 19.1 Å². The Bertz CT molecular complexity index is 1210. The van der Waals surface area contributed by atoms with E-state index in [1.807, 2.05) is 0 Å². The number of allylic oxidation sites excluding steroid dienone is 1. The first kappa shape index (κ1) is 22.7. The van der Waals surface area contributed by atoms with Crippen molar-refractivity contribution in [1.29, 1.82) is 0 Å². The maximum Gasteiger partial charge on any atom is 0.321 e. The van der Waals surface area contributed by atoms with Crippen molar-refractivity contribution in [3.63, 3.8) is 0 Å². The standard InChI is InChI=1S/C21H19FN4O5S/c1-30-20-13-19(24-21(25-20)31-2)26-32(28,29)17-9-7-16(8-10-17)23-12-11-18(27)14-3-5-15(22)6-4-14/h3-13,23H,1-2H3,(H,24,25,26)/b12-11+. The number of sulfonamides is 1. The van der Waals surface area contributed by atoms with E-state index >= 15 is 0 Å². The van der Waals surface area contributed by atoms with Crippen LogP contribution in [0.25, 0.3) is 0 Å². The smallest absolute Gasteiger partial charge is 0.321 e. The molecule has 0 amide bonds. The van der Waals surface area contributed by atoms with Crippen molar-refractivity contribution < 1.29 is 27.1 Å². The van der Waals surface area contributed by atoms with Gasteiger partial charge < -0.3 is 14.8 Å². The van der Waals surface area contributed by atoms with Gasteiger partial charge >= 0.3 is 6.01 Å². The summed E-state index contributed by atoms with van der Waals surface area (Å²) in [7, 11) is -1.21. The third-order valence-corrected chi connectivity index (χ3v) is 5.46. The van der Waals surface area contributed by atoms with Crippen LogP contribution < -0.4 is 19.5 Å². The van der Waals surface area contributed by atoms with Gasteiger partial charge in [0, 0.05) is 29.6 Å². The van der Waals surface area contributed by atoms with Crippen LogP contribution >= 0.6 is 0 Å². The summed E-state index contributed by atoms with van der Waals surface area (Å²) in [6.45, 7) is 0. The summed E-state index contributed by atoms with van der Waals surface area (Å²) in [5.74, 6) is -0.614. The fraction of sp³-hybridized carbons (Fsp3) is 0.0952. The molecular weight excluding hydrogens is 439 g/mol. The maximum atomic E-state index is 12.9. The Morgan fingerprint density at radius 1 is 1.00 bits per heavy atom. The summed E-state index contributed by atoms with van der Waals surface area (Å²) in [6, 6.07) is 12.3. The number of nitrogens with one attached hydrogen (secondary N) is 2.